The van der Waals surface area contributed by atoms with Crippen molar-refractivity contribution in [2.24, 2.45) is 0 Å². The molecule has 0 amide bonds. The van der Waals surface area contributed by atoms with Crippen molar-refractivity contribution in [3.63, 3.8) is 0 Å². The van der Waals surface area contributed by atoms with E-state index in [1.54, 1.807) is 6.07 Å². The number of ketones is 1. The van der Waals surface area contributed by atoms with Gasteiger partial charge in [-0.1, -0.05) is 31.5 Å². The van der Waals surface area contributed by atoms with E-state index in [1.165, 1.54) is 14.2 Å². The molecule has 3 rings (SSSR count). The third-order valence-electron chi connectivity index (χ3n) is 6.40. The van der Waals surface area contributed by atoms with Crippen LogP contribution in [0, 0.1) is 0 Å². The van der Waals surface area contributed by atoms with E-state index in [4.69, 9.17) is 23.7 Å². The maximum absolute atomic E-state index is 13.3. The third-order valence-corrected chi connectivity index (χ3v) is 6.40. The number of carbonyl (C=O) groups excluding carboxylic acids is 3. The summed E-state index contributed by atoms with van der Waals surface area (Å²) < 4.78 is 28.0. The molecule has 8 heteroatoms. The monoisotopic (exact) mass is 512 g/mol. The molecule has 37 heavy (non-hydrogen) atoms. The first kappa shape index (κ1) is 28.0. The number of hydrogen-bond donors (Lipinski definition) is 0. The molecule has 0 saturated heterocycles. The molecule has 1 aliphatic rings. The van der Waals surface area contributed by atoms with Crippen LogP contribution in [0.15, 0.2) is 42.5 Å². The highest BCUT2D eigenvalue weighted by Gasteiger charge is 2.42. The van der Waals surface area contributed by atoms with Crippen LogP contribution in [0.1, 0.15) is 67.8 Å². The van der Waals surface area contributed by atoms with Crippen LogP contribution in [0.3, 0.4) is 0 Å². The van der Waals surface area contributed by atoms with Crippen LogP contribution >= 0.6 is 0 Å². The molecule has 0 spiro atoms. The van der Waals surface area contributed by atoms with Gasteiger partial charge in [0.2, 0.25) is 0 Å². The van der Waals surface area contributed by atoms with Crippen molar-refractivity contribution in [1.82, 2.24) is 0 Å². The van der Waals surface area contributed by atoms with Gasteiger partial charge in [-0.3, -0.25) is 14.4 Å². The molecule has 0 N–H and O–H groups in total. The molecule has 2 aromatic rings. The van der Waals surface area contributed by atoms with Crippen LogP contribution in [0.25, 0.3) is 0 Å². The molecule has 0 unspecified atom stereocenters. The minimum atomic E-state index is -1.02. The van der Waals surface area contributed by atoms with Crippen molar-refractivity contribution in [3.8, 4) is 17.2 Å². The number of para-hydroxylation sites is 1. The molecule has 200 valence electrons. The summed E-state index contributed by atoms with van der Waals surface area (Å²) in [7, 11) is 2.64. The molecule has 0 aliphatic carbocycles. The highest BCUT2D eigenvalue weighted by Crippen LogP contribution is 2.44. The molecule has 0 saturated carbocycles. The molecule has 1 heterocycles. The van der Waals surface area contributed by atoms with Gasteiger partial charge in [-0.2, -0.15) is 0 Å². The van der Waals surface area contributed by atoms with Gasteiger partial charge in [0.25, 0.3) is 0 Å². The first-order chi connectivity index (χ1) is 17.9. The highest BCUT2D eigenvalue weighted by atomic mass is 16.5. The molecule has 0 bridgehead atoms. The van der Waals surface area contributed by atoms with E-state index in [1.807, 2.05) is 43.3 Å². The van der Waals surface area contributed by atoms with E-state index >= 15 is 0 Å². The second-order valence-corrected chi connectivity index (χ2v) is 9.07. The Morgan fingerprint density at radius 1 is 0.919 bits per heavy atom. The molecular formula is C29H36O8. The molecule has 0 radical (unpaired) electrons. The number of ether oxygens (including phenoxy) is 5. The van der Waals surface area contributed by atoms with Gasteiger partial charge in [0, 0.05) is 24.8 Å². The lowest BCUT2D eigenvalue weighted by atomic mass is 9.82. The summed E-state index contributed by atoms with van der Waals surface area (Å²) in [5.74, 6) is 1.06. The molecule has 0 fully saturated rings. The van der Waals surface area contributed by atoms with E-state index in [-0.39, 0.29) is 37.9 Å². The van der Waals surface area contributed by atoms with Crippen LogP contribution in [-0.2, 0) is 25.5 Å². The Hall–Kier alpha value is -3.55. The largest absolute Gasteiger partial charge is 0.493 e. The summed E-state index contributed by atoms with van der Waals surface area (Å²) >= 11 is 0. The minimum Gasteiger partial charge on any atom is -0.493 e. The van der Waals surface area contributed by atoms with Gasteiger partial charge in [-0.25, -0.2) is 0 Å². The topological polar surface area (TPSA) is 97.4 Å². The Balaban J connectivity index is 1.78. The van der Waals surface area contributed by atoms with Gasteiger partial charge in [-0.05, 0) is 43.5 Å². The molecule has 0 aromatic heterocycles. The zero-order valence-electron chi connectivity index (χ0n) is 21.9. The second kappa shape index (κ2) is 13.7. The fraction of sp³-hybridized carbons (Fsp3) is 0.483. The summed E-state index contributed by atoms with van der Waals surface area (Å²) in [5.41, 5.74) is 0.296. The maximum atomic E-state index is 13.3. The summed E-state index contributed by atoms with van der Waals surface area (Å²) in [6, 6.07) is 13.2. The Bertz CT molecular complexity index is 1040. The average Bonchev–Trinajstić information content (AvgIpc) is 2.92. The van der Waals surface area contributed by atoms with Gasteiger partial charge >= 0.3 is 11.9 Å². The molecular weight excluding hydrogens is 476 g/mol. The predicted molar refractivity (Wildman–Crippen MR) is 137 cm³/mol. The van der Waals surface area contributed by atoms with Crippen LogP contribution in [0.4, 0.5) is 0 Å². The van der Waals surface area contributed by atoms with E-state index in [9.17, 15) is 14.4 Å². The number of rotatable bonds is 14. The summed E-state index contributed by atoms with van der Waals surface area (Å²) in [6.07, 6.45) is 2.85. The van der Waals surface area contributed by atoms with Crippen molar-refractivity contribution < 1.29 is 38.1 Å². The highest BCUT2D eigenvalue weighted by molar-refractivity contribution is 6.01. The first-order valence-electron chi connectivity index (χ1n) is 12.7. The second-order valence-electron chi connectivity index (χ2n) is 9.07. The van der Waals surface area contributed by atoms with Gasteiger partial charge in [0.05, 0.1) is 39.4 Å². The Kier molecular flexibility index (Phi) is 10.4. The zero-order valence-corrected chi connectivity index (χ0v) is 21.9. The van der Waals surface area contributed by atoms with Crippen LogP contribution in [0.5, 0.6) is 17.2 Å². The third kappa shape index (κ3) is 7.71. The lowest BCUT2D eigenvalue weighted by molar-refractivity contribution is -0.142. The average molecular weight is 513 g/mol. The van der Waals surface area contributed by atoms with Gasteiger partial charge in [0.15, 0.2) is 5.78 Å². The zero-order chi connectivity index (χ0) is 26.7. The minimum absolute atomic E-state index is 0.0661. The van der Waals surface area contributed by atoms with Crippen molar-refractivity contribution in [2.75, 3.05) is 27.4 Å². The maximum Gasteiger partial charge on any atom is 0.305 e. The van der Waals surface area contributed by atoms with Crippen molar-refractivity contribution in [1.29, 1.82) is 0 Å². The summed E-state index contributed by atoms with van der Waals surface area (Å²) in [5, 5.41) is 0. The van der Waals surface area contributed by atoms with Crippen molar-refractivity contribution in [3.05, 3.63) is 53.6 Å². The van der Waals surface area contributed by atoms with E-state index < -0.39 is 17.5 Å². The number of carbonyl (C=O) groups is 3. The summed E-state index contributed by atoms with van der Waals surface area (Å²) in [4.78, 5) is 37.1. The number of benzene rings is 2. The normalized spacial score (nSPS) is 13.8. The van der Waals surface area contributed by atoms with E-state index in [0.29, 0.717) is 43.1 Å². The van der Waals surface area contributed by atoms with E-state index in [0.717, 1.165) is 17.7 Å². The quantitative estimate of drug-likeness (QED) is 0.255. The fourth-order valence-electron chi connectivity index (χ4n) is 4.42. The fourth-order valence-corrected chi connectivity index (χ4v) is 4.42. The molecule has 1 aliphatic heterocycles. The first-order valence-corrected chi connectivity index (χ1v) is 12.7. The Morgan fingerprint density at radius 2 is 1.57 bits per heavy atom. The number of esters is 2. The predicted octanol–water partition coefficient (Wildman–Crippen LogP) is 5.10. The summed E-state index contributed by atoms with van der Waals surface area (Å²) in [6.45, 7) is 2.99. The molecule has 2 aromatic carbocycles. The van der Waals surface area contributed by atoms with Gasteiger partial charge < -0.3 is 23.7 Å². The van der Waals surface area contributed by atoms with Crippen LogP contribution < -0.4 is 14.2 Å². The van der Waals surface area contributed by atoms with Crippen LogP contribution in [0.2, 0.25) is 0 Å². The van der Waals surface area contributed by atoms with Crippen molar-refractivity contribution >= 4 is 17.7 Å². The number of Topliss-reactive ketones (excluding diaryl/α,β-unsaturated/α-hetero) is 1. The smallest absolute Gasteiger partial charge is 0.305 e. The Labute approximate surface area is 218 Å². The lowest BCUT2D eigenvalue weighted by Crippen LogP contribution is -2.43. The van der Waals surface area contributed by atoms with Gasteiger partial charge in [-0.15, -0.1) is 0 Å². The molecule has 0 atom stereocenters. The lowest BCUT2D eigenvalue weighted by Gasteiger charge is -2.39. The molecule has 8 nitrogen and oxygen atoms in total. The SMILES string of the molecule is CCCc1c(OCCCOc2ccccc2)ccc2c1OC(CCC(=O)OC)(CCC(=O)OC)CC2=O. The van der Waals surface area contributed by atoms with E-state index in [2.05, 4.69) is 0 Å². The van der Waals surface area contributed by atoms with Crippen LogP contribution in [-0.4, -0.2) is 50.8 Å². The number of hydrogen-bond acceptors (Lipinski definition) is 8. The van der Waals surface area contributed by atoms with Gasteiger partial charge in [0.1, 0.15) is 22.8 Å². The number of methoxy groups -OCH3 is 2. The van der Waals surface area contributed by atoms with Crippen molar-refractivity contribution in [2.45, 2.75) is 63.9 Å². The standard InChI is InChI=1S/C29H36O8/c1-4-9-23-25(36-19-8-18-35-21-10-6-5-7-11-21)13-12-22-24(30)20-29(37-28(22)23,16-14-26(31)33-2)17-15-27(32)34-3/h5-7,10-13H,4,8-9,14-20H2,1-3H3. The Morgan fingerprint density at radius 3 is 2.19 bits per heavy atom. The number of fused-ring (bicyclic) bond motifs is 1.